The highest BCUT2D eigenvalue weighted by molar-refractivity contribution is 5.74. The number of nitrogens with zero attached hydrogens (tertiary/aromatic N) is 1. The summed E-state index contributed by atoms with van der Waals surface area (Å²) in [4.78, 5) is 7.35. The molecule has 3 nitrogen and oxygen atoms in total. The molecule has 0 aliphatic carbocycles. The Bertz CT molecular complexity index is 434. The van der Waals surface area contributed by atoms with Crippen LogP contribution in [0.2, 0.25) is 0 Å². The summed E-state index contributed by atoms with van der Waals surface area (Å²) in [5.74, 6) is 0.675. The molecule has 0 aliphatic rings. The zero-order chi connectivity index (χ0) is 11.5. The van der Waals surface area contributed by atoms with E-state index in [4.69, 9.17) is 0 Å². The maximum atomic E-state index is 12.2. The summed E-state index contributed by atoms with van der Waals surface area (Å²) >= 11 is 0. The lowest BCUT2D eigenvalue weighted by Crippen LogP contribution is -2.32. The molecule has 2 N–H and O–H groups in total. The van der Waals surface area contributed by atoms with Gasteiger partial charge in [0.15, 0.2) is 0 Å². The van der Waals surface area contributed by atoms with Gasteiger partial charge in [-0.3, -0.25) is 0 Å². The quantitative estimate of drug-likeness (QED) is 0.838. The standard InChI is InChI=1S/C11H13F2N3/c1-7(11(12)13)14-6-10-15-8-4-2-3-5-9(8)16-10/h2-5,7,11,14H,6H2,1H3,(H,15,16). The number of aromatic amines is 1. The van der Waals surface area contributed by atoms with E-state index in [2.05, 4.69) is 15.3 Å². The van der Waals surface area contributed by atoms with Gasteiger partial charge in [-0.25, -0.2) is 13.8 Å². The van der Waals surface area contributed by atoms with Gasteiger partial charge in [-0.1, -0.05) is 12.1 Å². The minimum absolute atomic E-state index is 0.320. The molecule has 0 saturated heterocycles. The van der Waals surface area contributed by atoms with Crippen molar-refractivity contribution in [1.82, 2.24) is 15.3 Å². The third kappa shape index (κ3) is 2.36. The van der Waals surface area contributed by atoms with Gasteiger partial charge in [-0.05, 0) is 19.1 Å². The predicted molar refractivity (Wildman–Crippen MR) is 58.4 cm³/mol. The average Bonchev–Trinajstić information content (AvgIpc) is 2.68. The number of fused-ring (bicyclic) bond motifs is 1. The monoisotopic (exact) mass is 225 g/mol. The maximum Gasteiger partial charge on any atom is 0.253 e. The number of imidazole rings is 1. The van der Waals surface area contributed by atoms with Crippen LogP contribution in [-0.4, -0.2) is 22.4 Å². The Balaban J connectivity index is 2.05. The van der Waals surface area contributed by atoms with Crippen LogP contribution in [0.4, 0.5) is 8.78 Å². The molecule has 2 aromatic rings. The number of halogens is 2. The van der Waals surface area contributed by atoms with Gasteiger partial charge >= 0.3 is 0 Å². The molecule has 1 atom stereocenters. The zero-order valence-corrected chi connectivity index (χ0v) is 8.87. The number of hydrogen-bond acceptors (Lipinski definition) is 2. The molecule has 1 aromatic carbocycles. The van der Waals surface area contributed by atoms with Crippen LogP contribution >= 0.6 is 0 Å². The third-order valence-electron chi connectivity index (χ3n) is 2.41. The van der Waals surface area contributed by atoms with Gasteiger partial charge in [0.1, 0.15) is 5.82 Å². The normalized spacial score (nSPS) is 13.5. The number of hydrogen-bond donors (Lipinski definition) is 2. The zero-order valence-electron chi connectivity index (χ0n) is 8.87. The molecule has 0 fully saturated rings. The summed E-state index contributed by atoms with van der Waals surface area (Å²) in [7, 11) is 0. The first-order valence-corrected chi connectivity index (χ1v) is 5.12. The van der Waals surface area contributed by atoms with Crippen molar-refractivity contribution in [3.63, 3.8) is 0 Å². The van der Waals surface area contributed by atoms with Crippen molar-refractivity contribution < 1.29 is 8.78 Å². The smallest absolute Gasteiger partial charge is 0.253 e. The number of para-hydroxylation sites is 2. The third-order valence-corrected chi connectivity index (χ3v) is 2.41. The highest BCUT2D eigenvalue weighted by atomic mass is 19.3. The Kier molecular flexibility index (Phi) is 3.14. The molecule has 0 aliphatic heterocycles. The highest BCUT2D eigenvalue weighted by Crippen LogP contribution is 2.10. The van der Waals surface area contributed by atoms with Gasteiger partial charge in [-0.2, -0.15) is 0 Å². The molecular weight excluding hydrogens is 212 g/mol. The van der Waals surface area contributed by atoms with E-state index < -0.39 is 12.5 Å². The number of benzene rings is 1. The van der Waals surface area contributed by atoms with E-state index >= 15 is 0 Å². The van der Waals surface area contributed by atoms with E-state index in [9.17, 15) is 8.78 Å². The first-order valence-electron chi connectivity index (χ1n) is 5.12. The first kappa shape index (κ1) is 11.0. The van der Waals surface area contributed by atoms with E-state index in [1.807, 2.05) is 24.3 Å². The Morgan fingerprint density at radius 1 is 1.38 bits per heavy atom. The minimum atomic E-state index is -2.36. The molecule has 1 aromatic heterocycles. The van der Waals surface area contributed by atoms with Crippen LogP contribution in [0.3, 0.4) is 0 Å². The average molecular weight is 225 g/mol. The van der Waals surface area contributed by atoms with Gasteiger partial charge in [0.2, 0.25) is 0 Å². The predicted octanol–water partition coefficient (Wildman–Crippen LogP) is 2.31. The second-order valence-electron chi connectivity index (χ2n) is 3.70. The summed E-state index contributed by atoms with van der Waals surface area (Å²) < 4.78 is 24.5. The summed E-state index contributed by atoms with van der Waals surface area (Å²) in [5, 5.41) is 2.72. The molecule has 0 amide bonds. The Hall–Kier alpha value is -1.49. The summed E-state index contributed by atoms with van der Waals surface area (Å²) in [5.41, 5.74) is 1.77. The molecule has 86 valence electrons. The second kappa shape index (κ2) is 4.57. The van der Waals surface area contributed by atoms with Crippen molar-refractivity contribution in [2.24, 2.45) is 0 Å². The lowest BCUT2D eigenvalue weighted by Gasteiger charge is -2.10. The van der Waals surface area contributed by atoms with Crippen LogP contribution < -0.4 is 5.32 Å². The van der Waals surface area contributed by atoms with Crippen LogP contribution in [0.5, 0.6) is 0 Å². The molecule has 0 bridgehead atoms. The Morgan fingerprint density at radius 3 is 2.81 bits per heavy atom. The molecule has 2 rings (SSSR count). The number of alkyl halides is 2. The summed E-state index contributed by atoms with van der Waals surface area (Å²) in [6.45, 7) is 1.77. The van der Waals surface area contributed by atoms with Crippen molar-refractivity contribution in [3.8, 4) is 0 Å². The first-order chi connectivity index (χ1) is 7.66. The SMILES string of the molecule is CC(NCc1nc2ccccc2[nH]1)C(F)F. The Morgan fingerprint density at radius 2 is 2.12 bits per heavy atom. The molecule has 1 heterocycles. The highest BCUT2D eigenvalue weighted by Gasteiger charge is 2.13. The van der Waals surface area contributed by atoms with Crippen molar-refractivity contribution in [1.29, 1.82) is 0 Å². The van der Waals surface area contributed by atoms with Crippen LogP contribution in [0.15, 0.2) is 24.3 Å². The van der Waals surface area contributed by atoms with Crippen molar-refractivity contribution >= 4 is 11.0 Å². The van der Waals surface area contributed by atoms with Crippen LogP contribution in [0.25, 0.3) is 11.0 Å². The van der Waals surface area contributed by atoms with Gasteiger partial charge < -0.3 is 10.3 Å². The van der Waals surface area contributed by atoms with Gasteiger partial charge in [0.05, 0.1) is 23.6 Å². The van der Waals surface area contributed by atoms with E-state index in [-0.39, 0.29) is 0 Å². The van der Waals surface area contributed by atoms with Gasteiger partial charge in [-0.15, -0.1) is 0 Å². The lowest BCUT2D eigenvalue weighted by atomic mass is 10.3. The van der Waals surface area contributed by atoms with Crippen LogP contribution in [-0.2, 0) is 6.54 Å². The van der Waals surface area contributed by atoms with Crippen molar-refractivity contribution in [2.45, 2.75) is 25.9 Å². The number of rotatable bonds is 4. The van der Waals surface area contributed by atoms with E-state index in [0.717, 1.165) is 11.0 Å². The van der Waals surface area contributed by atoms with Crippen molar-refractivity contribution in [2.75, 3.05) is 0 Å². The van der Waals surface area contributed by atoms with Gasteiger partial charge in [0.25, 0.3) is 6.43 Å². The van der Waals surface area contributed by atoms with Crippen LogP contribution in [0, 0.1) is 0 Å². The number of nitrogens with one attached hydrogen (secondary N) is 2. The fraction of sp³-hybridized carbons (Fsp3) is 0.364. The summed E-state index contributed by atoms with van der Waals surface area (Å²) in [6, 6.07) is 6.75. The molecule has 1 unspecified atom stereocenters. The Labute approximate surface area is 91.9 Å². The molecule has 0 spiro atoms. The van der Waals surface area contributed by atoms with E-state index in [0.29, 0.717) is 12.4 Å². The molecular formula is C11H13F2N3. The molecule has 16 heavy (non-hydrogen) atoms. The molecule has 5 heteroatoms. The maximum absolute atomic E-state index is 12.2. The number of aromatic nitrogens is 2. The van der Waals surface area contributed by atoms with Gasteiger partial charge in [0, 0.05) is 0 Å². The second-order valence-corrected chi connectivity index (χ2v) is 3.70. The van der Waals surface area contributed by atoms with E-state index in [1.165, 1.54) is 6.92 Å². The van der Waals surface area contributed by atoms with Crippen molar-refractivity contribution in [3.05, 3.63) is 30.1 Å². The van der Waals surface area contributed by atoms with E-state index in [1.54, 1.807) is 0 Å². The molecule has 0 radical (unpaired) electrons. The fourth-order valence-corrected chi connectivity index (χ4v) is 1.44. The largest absolute Gasteiger partial charge is 0.341 e. The number of H-pyrrole nitrogens is 1. The van der Waals surface area contributed by atoms with Crippen LogP contribution in [0.1, 0.15) is 12.7 Å². The fourth-order valence-electron chi connectivity index (χ4n) is 1.44. The topological polar surface area (TPSA) is 40.7 Å². The summed E-state index contributed by atoms with van der Waals surface area (Å²) in [6.07, 6.45) is -2.36. The molecule has 0 saturated carbocycles. The lowest BCUT2D eigenvalue weighted by molar-refractivity contribution is 0.105. The minimum Gasteiger partial charge on any atom is -0.341 e.